The molecule has 3 fully saturated rings. The van der Waals surface area contributed by atoms with Crippen LogP contribution in [0.25, 0.3) is 0 Å². The SMILES string of the molecule is CCCCCCC(C)(O)C1CCC2C(CC(OC(=O)NCC(=O)NCCCC(O)(P(=O)(O)O)P(=O)(O)O)C3CC(O)CCC3C)CCCC21C. The number of ether oxygens (including phenoxy) is 1. The molecule has 0 aromatic carbocycles. The van der Waals surface area contributed by atoms with E-state index in [1.54, 1.807) is 0 Å². The highest BCUT2D eigenvalue weighted by Crippen LogP contribution is 2.69. The van der Waals surface area contributed by atoms with Crippen molar-refractivity contribution in [2.75, 3.05) is 13.1 Å². The molecule has 0 aromatic heterocycles. The Bertz CT molecular complexity index is 1200. The van der Waals surface area contributed by atoms with Gasteiger partial charge in [0.05, 0.1) is 18.2 Å². The van der Waals surface area contributed by atoms with Gasteiger partial charge in [0.25, 0.3) is 5.08 Å². The van der Waals surface area contributed by atoms with Crippen LogP contribution in [-0.4, -0.2) is 82.9 Å². The van der Waals surface area contributed by atoms with Gasteiger partial charge in [-0.25, -0.2) is 4.79 Å². The molecule has 292 valence electrons. The lowest BCUT2D eigenvalue weighted by molar-refractivity contribution is -0.120. The van der Waals surface area contributed by atoms with E-state index >= 15 is 0 Å². The molecule has 3 aliphatic carbocycles. The predicted octanol–water partition coefficient (Wildman–Crippen LogP) is 4.72. The summed E-state index contributed by atoms with van der Waals surface area (Å²) in [5.74, 6) is 0.339. The summed E-state index contributed by atoms with van der Waals surface area (Å²) in [6.07, 6.45) is 9.89. The molecule has 0 heterocycles. The lowest BCUT2D eigenvalue weighted by Gasteiger charge is -2.50. The molecule has 2 amide bonds. The molecular weight excluding hydrogens is 690 g/mol. The topological polar surface area (TPSA) is 243 Å². The first-order chi connectivity index (χ1) is 23.2. The molecule has 0 spiro atoms. The fraction of sp³-hybridized carbons (Fsp3) is 0.941. The van der Waals surface area contributed by atoms with Crippen LogP contribution in [0, 0.1) is 35.0 Å². The zero-order chi connectivity index (χ0) is 37.5. The lowest BCUT2D eigenvalue weighted by Crippen LogP contribution is -2.48. The summed E-state index contributed by atoms with van der Waals surface area (Å²) in [6, 6.07) is 0. The van der Waals surface area contributed by atoms with Crippen molar-refractivity contribution in [1.29, 1.82) is 0 Å². The maximum absolute atomic E-state index is 13.1. The molecule has 9 unspecified atom stereocenters. The van der Waals surface area contributed by atoms with Crippen molar-refractivity contribution < 1.29 is 58.3 Å². The van der Waals surface area contributed by atoms with Gasteiger partial charge in [0, 0.05) is 18.9 Å². The number of fused-ring (bicyclic) bond motifs is 1. The third kappa shape index (κ3) is 10.8. The zero-order valence-corrected chi connectivity index (χ0v) is 32.1. The van der Waals surface area contributed by atoms with E-state index in [1.807, 2.05) is 6.92 Å². The maximum atomic E-state index is 13.1. The number of unbranched alkanes of at least 4 members (excludes halogenated alkanes) is 3. The normalized spacial score (nSPS) is 30.9. The summed E-state index contributed by atoms with van der Waals surface area (Å²) in [6.45, 7) is 7.91. The fourth-order valence-corrected chi connectivity index (χ4v) is 11.9. The van der Waals surface area contributed by atoms with Gasteiger partial charge in [-0.3, -0.25) is 13.9 Å². The fourth-order valence-electron chi connectivity index (χ4n) is 9.60. The van der Waals surface area contributed by atoms with E-state index in [1.165, 1.54) is 6.42 Å². The number of aliphatic hydroxyl groups excluding tert-OH is 1. The maximum Gasteiger partial charge on any atom is 0.407 e. The average Bonchev–Trinajstić information content (AvgIpc) is 3.39. The van der Waals surface area contributed by atoms with Crippen molar-refractivity contribution in [3.05, 3.63) is 0 Å². The number of rotatable bonds is 18. The van der Waals surface area contributed by atoms with Gasteiger partial charge in [0.1, 0.15) is 6.10 Å². The Kier molecular flexibility index (Phi) is 15.4. The van der Waals surface area contributed by atoms with Gasteiger partial charge in [-0.2, -0.15) is 0 Å². The van der Waals surface area contributed by atoms with Gasteiger partial charge in [0.2, 0.25) is 5.91 Å². The van der Waals surface area contributed by atoms with Crippen LogP contribution in [0.4, 0.5) is 4.79 Å². The Balaban J connectivity index is 1.62. The molecule has 3 aliphatic rings. The van der Waals surface area contributed by atoms with Crippen LogP contribution in [0.5, 0.6) is 0 Å². The molecule has 50 heavy (non-hydrogen) atoms. The Labute approximate surface area is 297 Å². The number of aliphatic hydroxyl groups is 3. The summed E-state index contributed by atoms with van der Waals surface area (Å²) >= 11 is 0. The van der Waals surface area contributed by atoms with Crippen LogP contribution in [0.15, 0.2) is 0 Å². The largest absolute Gasteiger partial charge is 0.446 e. The van der Waals surface area contributed by atoms with E-state index in [9.17, 15) is 53.6 Å². The molecule has 0 saturated heterocycles. The smallest absolute Gasteiger partial charge is 0.407 e. The number of hydrogen-bond acceptors (Lipinski definition) is 8. The third-order valence-electron chi connectivity index (χ3n) is 12.4. The molecule has 0 aromatic rings. The predicted molar refractivity (Wildman–Crippen MR) is 188 cm³/mol. The third-order valence-corrected chi connectivity index (χ3v) is 16.3. The number of carbonyl (C=O) groups is 2. The summed E-state index contributed by atoms with van der Waals surface area (Å²) in [4.78, 5) is 62.6. The summed E-state index contributed by atoms with van der Waals surface area (Å²) < 4.78 is 29.1. The van der Waals surface area contributed by atoms with E-state index < -0.39 is 63.0 Å². The molecular formula is C34H64N2O12P2. The highest BCUT2D eigenvalue weighted by Gasteiger charge is 2.59. The Morgan fingerprint density at radius 2 is 1.62 bits per heavy atom. The van der Waals surface area contributed by atoms with Crippen molar-refractivity contribution in [1.82, 2.24) is 10.6 Å². The van der Waals surface area contributed by atoms with Crippen molar-refractivity contribution in [2.24, 2.45) is 35.0 Å². The molecule has 0 aliphatic heterocycles. The van der Waals surface area contributed by atoms with Crippen LogP contribution >= 0.6 is 15.2 Å². The van der Waals surface area contributed by atoms with Gasteiger partial charge in [0.15, 0.2) is 0 Å². The minimum absolute atomic E-state index is 0.0218. The van der Waals surface area contributed by atoms with Crippen molar-refractivity contribution in [3.63, 3.8) is 0 Å². The second-order valence-corrected chi connectivity index (χ2v) is 20.0. The second kappa shape index (κ2) is 17.8. The van der Waals surface area contributed by atoms with E-state index in [2.05, 4.69) is 31.4 Å². The van der Waals surface area contributed by atoms with Crippen molar-refractivity contribution in [2.45, 2.75) is 153 Å². The van der Waals surface area contributed by atoms with E-state index in [4.69, 9.17) is 4.74 Å². The van der Waals surface area contributed by atoms with Crippen LogP contribution in [0.2, 0.25) is 0 Å². The first-order valence-corrected chi connectivity index (χ1v) is 21.8. The number of carbonyl (C=O) groups excluding carboxylic acids is 2. The van der Waals surface area contributed by atoms with Gasteiger partial charge < -0.3 is 50.3 Å². The van der Waals surface area contributed by atoms with Gasteiger partial charge in [-0.05, 0) is 93.8 Å². The highest BCUT2D eigenvalue weighted by molar-refractivity contribution is 7.72. The number of hydrogen-bond donors (Lipinski definition) is 9. The summed E-state index contributed by atoms with van der Waals surface area (Å²) in [5, 5.41) is 33.6. The number of amides is 2. The van der Waals surface area contributed by atoms with Crippen LogP contribution in [-0.2, 0) is 18.7 Å². The first-order valence-electron chi connectivity index (χ1n) is 18.6. The monoisotopic (exact) mass is 754 g/mol. The molecule has 16 heteroatoms. The molecule has 9 atom stereocenters. The Morgan fingerprint density at radius 3 is 2.26 bits per heavy atom. The van der Waals surface area contributed by atoms with E-state index in [-0.39, 0.29) is 42.1 Å². The first kappa shape index (κ1) is 43.3. The average molecular weight is 755 g/mol. The van der Waals surface area contributed by atoms with Crippen molar-refractivity contribution in [3.8, 4) is 0 Å². The molecule has 9 N–H and O–H groups in total. The molecule has 0 radical (unpaired) electrons. The quantitative estimate of drug-likeness (QED) is 0.0682. The number of nitrogens with one attached hydrogen (secondary N) is 2. The molecule has 3 rings (SSSR count). The summed E-state index contributed by atoms with van der Waals surface area (Å²) in [7, 11) is -11.2. The summed E-state index contributed by atoms with van der Waals surface area (Å²) in [5.41, 5.74) is -0.760. The number of alkyl carbamates (subject to hydrolysis) is 1. The minimum Gasteiger partial charge on any atom is -0.446 e. The second-order valence-electron chi connectivity index (χ2n) is 16.0. The van der Waals surface area contributed by atoms with Crippen LogP contribution < -0.4 is 10.6 Å². The Hall–Kier alpha value is -1.08. The van der Waals surface area contributed by atoms with E-state index in [0.717, 1.165) is 64.2 Å². The minimum atomic E-state index is -5.59. The standard InChI is InChI=1S/C34H64N2O12P2/c1-5-6-7-8-17-33(4,40)29-15-14-27-24(11-9-16-32(27,29)3)20-28(26-21-25(37)13-12-23(26)2)48-31(39)36-22-30(38)35-19-10-18-34(41,49(42,43)44)50(45,46)47/h23-29,37,40-41H,5-22H2,1-4H3,(H,35,38)(H,36,39)(H2,42,43,44)(H2,45,46,47). The Morgan fingerprint density at radius 1 is 0.940 bits per heavy atom. The van der Waals surface area contributed by atoms with Crippen LogP contribution in [0.3, 0.4) is 0 Å². The molecule has 14 nitrogen and oxygen atoms in total. The van der Waals surface area contributed by atoms with Crippen LogP contribution in [0.1, 0.15) is 130 Å². The lowest BCUT2D eigenvalue weighted by atomic mass is 9.57. The zero-order valence-electron chi connectivity index (χ0n) is 30.3. The van der Waals surface area contributed by atoms with E-state index in [0.29, 0.717) is 25.2 Å². The van der Waals surface area contributed by atoms with Gasteiger partial charge in [-0.1, -0.05) is 59.3 Å². The molecule has 0 bridgehead atoms. The van der Waals surface area contributed by atoms with Gasteiger partial charge in [-0.15, -0.1) is 0 Å². The van der Waals surface area contributed by atoms with Gasteiger partial charge >= 0.3 is 21.3 Å². The molecule has 3 saturated carbocycles. The highest BCUT2D eigenvalue weighted by atomic mass is 31.2. The van der Waals surface area contributed by atoms with Crippen molar-refractivity contribution >= 4 is 27.2 Å².